The van der Waals surface area contributed by atoms with Crippen LogP contribution in [-0.2, 0) is 0 Å². The van der Waals surface area contributed by atoms with Gasteiger partial charge in [0.25, 0.3) is 0 Å². The quantitative estimate of drug-likeness (QED) is 0.0565. The molecule has 0 fully saturated rings. The van der Waals surface area contributed by atoms with Crippen LogP contribution < -0.4 is 16.4 Å². The van der Waals surface area contributed by atoms with Gasteiger partial charge in [-0.1, -0.05) is 334 Å². The Morgan fingerprint density at radius 2 is 0.591 bits per heavy atom. The van der Waals surface area contributed by atoms with Gasteiger partial charge in [0.05, 0.1) is 0 Å². The zero-order chi connectivity index (χ0) is 74.8. The number of nitrogen functional groups attached to an aromatic ring is 1. The zero-order valence-corrected chi connectivity index (χ0v) is 66.0. The molecule has 0 spiro atoms. The van der Waals surface area contributed by atoms with Crippen LogP contribution in [0.3, 0.4) is 0 Å². The van der Waals surface area contributed by atoms with E-state index in [4.69, 9.17) is 46.1 Å². The number of aldehydes is 1. The summed E-state index contributed by atoms with van der Waals surface area (Å²) in [7, 11) is 0. The lowest BCUT2D eigenvalue weighted by Gasteiger charge is -2.23. The SMILES string of the molecule is Brc1c(-c2nc(-c3ccccc3)nc(-c3ccccc3)n2)ccc2ccccc12.Brc1c(C2=NC(c3ccccc3)N=C(c3ccccc3)N2)ccc2ccccc12.Brc1c(C2=NC(c3ccccc3)N=C(c3ccccc3)N2)ccc2ccccc12.Cl.N=C(N)c1ccccc1.O=Cc1ccc2ccccc2c1Br. The van der Waals surface area contributed by atoms with Crippen molar-refractivity contribution >= 4 is 155 Å². The molecule has 0 saturated carbocycles. The topological polar surface area (TPSA) is 179 Å². The van der Waals surface area contributed by atoms with E-state index in [0.29, 0.717) is 23.0 Å². The lowest BCUT2D eigenvalue weighted by Crippen LogP contribution is -2.36. The molecule has 12 nitrogen and oxygen atoms in total. The van der Waals surface area contributed by atoms with E-state index in [2.05, 4.69) is 220 Å². The summed E-state index contributed by atoms with van der Waals surface area (Å²) in [6, 6.07) is 119. The number of aliphatic imine (C=N–C) groups is 4. The van der Waals surface area contributed by atoms with Crippen molar-refractivity contribution in [2.75, 3.05) is 0 Å². The number of carbonyl (C=O) groups excluding carboxylic acids is 1. The molecule has 2 aliphatic heterocycles. The molecule has 2 unspecified atom stereocenters. The van der Waals surface area contributed by atoms with Crippen LogP contribution in [0.15, 0.2) is 396 Å². The Balaban J connectivity index is 0.000000127. The molecule has 0 saturated heterocycles. The number of aromatic nitrogens is 3. The van der Waals surface area contributed by atoms with Crippen LogP contribution in [0.1, 0.15) is 61.6 Å². The molecule has 16 aromatic rings. The standard InChI is InChI=1S/2C25H18BrN3.C25H16BrN3.C11H7BrO.C7H8N2.ClH/c3*26-22-20-14-8-7-9-17(20)15-16-21(22)25-28-23(18-10-3-1-4-11-18)27-24(29-25)19-12-5-2-6-13-19;12-11-9(7-13)6-5-8-3-1-2-4-10(8)11;8-7(9)6-4-2-1-3-5-6;/h2*1-16,23H,(H,27,28,29);1-16H;1-7H;1-5H,(H3,8,9);1H. The van der Waals surface area contributed by atoms with Gasteiger partial charge in [-0.15, -0.1) is 12.4 Å². The molecule has 2 atom stereocenters. The van der Waals surface area contributed by atoms with Gasteiger partial charge in [0.2, 0.25) is 0 Å². The number of hydrogen-bond acceptors (Lipinski definition) is 11. The van der Waals surface area contributed by atoms with E-state index >= 15 is 0 Å². The fourth-order valence-corrected chi connectivity index (χ4v) is 15.0. The van der Waals surface area contributed by atoms with Crippen LogP contribution in [-0.4, -0.2) is 50.4 Å². The molecule has 15 aromatic carbocycles. The van der Waals surface area contributed by atoms with Crippen LogP contribution in [0.25, 0.3) is 77.3 Å². The highest BCUT2D eigenvalue weighted by Gasteiger charge is 2.25. The Kier molecular flexibility index (Phi) is 25.4. The predicted octanol–water partition coefficient (Wildman–Crippen LogP) is 23.8. The number of amidine groups is 5. The van der Waals surface area contributed by atoms with Gasteiger partial charge < -0.3 is 16.4 Å². The van der Waals surface area contributed by atoms with Gasteiger partial charge in [0.1, 0.15) is 29.2 Å². The molecule has 1 aromatic heterocycles. The number of halogens is 5. The maximum atomic E-state index is 10.6. The summed E-state index contributed by atoms with van der Waals surface area (Å²) < 4.78 is 3.92. The average Bonchev–Trinajstić information content (AvgIpc) is 0.789. The first-order chi connectivity index (χ1) is 53.5. The smallest absolute Gasteiger partial charge is 0.169 e. The fraction of sp³-hybridized carbons (Fsp3) is 0.0215. The predicted molar refractivity (Wildman–Crippen MR) is 470 cm³/mol. The highest BCUT2D eigenvalue weighted by atomic mass is 79.9. The van der Waals surface area contributed by atoms with Gasteiger partial charge in [0.15, 0.2) is 36.1 Å². The second-order valence-corrected chi connectivity index (χ2v) is 28.2. The highest BCUT2D eigenvalue weighted by Crippen LogP contribution is 2.37. The molecule has 110 heavy (non-hydrogen) atoms. The number of hydrogen-bond donors (Lipinski definition) is 4. The van der Waals surface area contributed by atoms with Crippen molar-refractivity contribution in [3.05, 3.63) is 420 Å². The van der Waals surface area contributed by atoms with E-state index < -0.39 is 0 Å². The molecule has 536 valence electrons. The molecular weight excluding hydrogens is 1640 g/mol. The van der Waals surface area contributed by atoms with E-state index in [9.17, 15) is 4.79 Å². The van der Waals surface area contributed by atoms with Gasteiger partial charge in [-0.25, -0.2) is 34.9 Å². The van der Waals surface area contributed by atoms with E-state index in [1.165, 1.54) is 16.2 Å². The maximum Gasteiger partial charge on any atom is 0.169 e. The number of rotatable bonds is 11. The van der Waals surface area contributed by atoms with Crippen LogP contribution in [0.4, 0.5) is 0 Å². The summed E-state index contributed by atoms with van der Waals surface area (Å²) in [5.41, 5.74) is 15.8. The normalized spacial score (nSPS) is 13.3. The molecule has 5 N–H and O–H groups in total. The third-order valence-corrected chi connectivity index (χ3v) is 21.4. The molecule has 0 aliphatic carbocycles. The highest BCUT2D eigenvalue weighted by molar-refractivity contribution is 9.11. The number of nitrogens with zero attached hydrogens (tertiary/aromatic N) is 7. The monoisotopic (exact) mass is 1710 g/mol. The Labute approximate surface area is 677 Å². The first kappa shape index (κ1) is 76.2. The first-order valence-corrected chi connectivity index (χ1v) is 38.2. The Morgan fingerprint density at radius 1 is 0.309 bits per heavy atom. The van der Waals surface area contributed by atoms with E-state index in [-0.39, 0.29) is 30.6 Å². The van der Waals surface area contributed by atoms with Crippen molar-refractivity contribution in [1.29, 1.82) is 5.41 Å². The molecule has 0 bridgehead atoms. The van der Waals surface area contributed by atoms with Crippen LogP contribution in [0.2, 0.25) is 0 Å². The summed E-state index contributed by atoms with van der Waals surface area (Å²) >= 11 is 14.8. The van der Waals surface area contributed by atoms with Crippen LogP contribution in [0.5, 0.6) is 0 Å². The van der Waals surface area contributed by atoms with E-state index in [1.807, 2.05) is 212 Å². The molecular formula is C93H68Br4ClN11O. The summed E-state index contributed by atoms with van der Waals surface area (Å²) in [4.78, 5) is 44.7. The van der Waals surface area contributed by atoms with Gasteiger partial charge in [0, 0.05) is 68.0 Å². The number of carbonyl (C=O) groups is 1. The Bertz CT molecular complexity index is 5790. The van der Waals surface area contributed by atoms with Crippen molar-refractivity contribution in [3.8, 4) is 34.2 Å². The van der Waals surface area contributed by atoms with Crippen LogP contribution in [0, 0.1) is 5.41 Å². The van der Waals surface area contributed by atoms with Crippen LogP contribution >= 0.6 is 76.1 Å². The number of nitrogens with two attached hydrogens (primary N) is 1. The van der Waals surface area contributed by atoms with Gasteiger partial charge >= 0.3 is 0 Å². The largest absolute Gasteiger partial charge is 0.384 e. The van der Waals surface area contributed by atoms with Crippen molar-refractivity contribution in [2.45, 2.75) is 12.3 Å². The summed E-state index contributed by atoms with van der Waals surface area (Å²) in [5.74, 6) is 5.36. The molecule has 0 radical (unpaired) electrons. The summed E-state index contributed by atoms with van der Waals surface area (Å²) in [6.45, 7) is 0. The fourth-order valence-electron chi connectivity index (χ4n) is 12.3. The number of fused-ring (bicyclic) bond motifs is 4. The molecule has 0 amide bonds. The molecule has 17 heteroatoms. The summed E-state index contributed by atoms with van der Waals surface area (Å²) in [5, 5.41) is 23.2. The second kappa shape index (κ2) is 36.7. The molecule has 3 heterocycles. The first-order valence-electron chi connectivity index (χ1n) is 35.0. The van der Waals surface area contributed by atoms with Gasteiger partial charge in [-0.3, -0.25) is 10.2 Å². The van der Waals surface area contributed by atoms with E-state index in [1.54, 1.807) is 0 Å². The summed E-state index contributed by atoms with van der Waals surface area (Å²) in [6.07, 6.45) is 0.276. The lowest BCUT2D eigenvalue weighted by atomic mass is 10.0. The third-order valence-electron chi connectivity index (χ3n) is 17.9. The van der Waals surface area contributed by atoms with Crippen molar-refractivity contribution < 1.29 is 4.79 Å². The van der Waals surface area contributed by atoms with Gasteiger partial charge in [-0.05, 0) is 142 Å². The average molecular weight is 1710 g/mol. The number of benzene rings is 15. The minimum Gasteiger partial charge on any atom is -0.384 e. The Hall–Kier alpha value is -12.0. The molecule has 18 rings (SSSR count). The Morgan fingerprint density at radius 3 is 0.945 bits per heavy atom. The van der Waals surface area contributed by atoms with Crippen molar-refractivity contribution in [2.24, 2.45) is 25.7 Å². The van der Waals surface area contributed by atoms with Crippen molar-refractivity contribution in [3.63, 3.8) is 0 Å². The lowest BCUT2D eigenvalue weighted by molar-refractivity contribution is 0.112. The maximum absolute atomic E-state index is 10.6. The molecule has 2 aliphatic rings. The third kappa shape index (κ3) is 18.2. The minimum absolute atomic E-state index is 0. The van der Waals surface area contributed by atoms with Gasteiger partial charge in [-0.2, -0.15) is 0 Å². The van der Waals surface area contributed by atoms with Crippen molar-refractivity contribution in [1.82, 2.24) is 25.6 Å². The van der Waals surface area contributed by atoms with E-state index in [0.717, 1.165) is 130 Å². The second-order valence-electron chi connectivity index (χ2n) is 25.0. The minimum atomic E-state index is -0.291. The number of nitrogens with one attached hydrogen (secondary N) is 3. The zero-order valence-electron chi connectivity index (χ0n) is 58.8.